The Morgan fingerprint density at radius 3 is 1.22 bits per heavy atom. The van der Waals surface area contributed by atoms with Gasteiger partial charge in [0.15, 0.2) is 0 Å². The van der Waals surface area contributed by atoms with E-state index in [0.29, 0.717) is 0 Å². The summed E-state index contributed by atoms with van der Waals surface area (Å²) in [6, 6.07) is 0. The van der Waals surface area contributed by atoms with E-state index in [1.807, 2.05) is 0 Å². The first-order chi connectivity index (χ1) is 7.96. The minimum Gasteiger partial charge on any atom is -0.481 e. The van der Waals surface area contributed by atoms with Crippen LogP contribution in [0.5, 0.6) is 0 Å². The molecule has 0 unspecified atom stereocenters. The van der Waals surface area contributed by atoms with Gasteiger partial charge in [-0.1, -0.05) is 0 Å². The summed E-state index contributed by atoms with van der Waals surface area (Å²) in [4.78, 5) is 32.3. The van der Waals surface area contributed by atoms with Crippen LogP contribution in [0, 0.1) is 5.41 Å². The quantitative estimate of drug-likeness (QED) is 0.277. The zero-order valence-electron chi connectivity index (χ0n) is 9.63. The van der Waals surface area contributed by atoms with Crippen molar-refractivity contribution < 1.29 is 29.7 Å². The number of carboxylic acid groups (broad SMARTS) is 3. The van der Waals surface area contributed by atoms with Crippen molar-refractivity contribution in [1.82, 2.24) is 0 Å². The Kier molecular flexibility index (Phi) is 5.21. The summed E-state index contributed by atoms with van der Waals surface area (Å²) < 4.78 is 0. The number of aliphatic carboxylic acids is 3. The number of nitrogens with two attached hydrogens (primary N) is 3. The fourth-order valence-electron chi connectivity index (χ4n) is 1.99. The van der Waals surface area contributed by atoms with Crippen LogP contribution < -0.4 is 17.2 Å². The lowest BCUT2D eigenvalue weighted by molar-refractivity contribution is -0.148. The van der Waals surface area contributed by atoms with Crippen LogP contribution in [0.15, 0.2) is 0 Å². The topological polar surface area (TPSA) is 190 Å². The van der Waals surface area contributed by atoms with E-state index < -0.39 is 54.8 Å². The molecule has 0 saturated carbocycles. The summed E-state index contributed by atoms with van der Waals surface area (Å²) in [6.07, 6.45) is -2.53. The summed E-state index contributed by atoms with van der Waals surface area (Å²) in [6.45, 7) is 0. The summed E-state index contributed by atoms with van der Waals surface area (Å²) in [5.41, 5.74) is 14.4. The molecular formula is C9H17N3O6. The Morgan fingerprint density at radius 2 is 1.06 bits per heavy atom. The van der Waals surface area contributed by atoms with Crippen molar-refractivity contribution in [2.75, 3.05) is 0 Å². The standard InChI is InChI=1S/C9H17N3O6/c10-9(11,12)4-8(1-5(13)14,2-6(15)16)3-7(17)18/h1-4,10-12H2,(H,13,14)(H,15,16)(H,17,18). The van der Waals surface area contributed by atoms with Gasteiger partial charge in [0.25, 0.3) is 0 Å². The SMILES string of the molecule is NC(N)(N)CC(CC(=O)O)(CC(=O)O)CC(=O)O. The Labute approximate surface area is 103 Å². The molecule has 0 amide bonds. The van der Waals surface area contributed by atoms with Gasteiger partial charge in [0.05, 0.1) is 19.3 Å². The maximum atomic E-state index is 10.8. The van der Waals surface area contributed by atoms with Crippen LogP contribution >= 0.6 is 0 Å². The Morgan fingerprint density at radius 1 is 0.778 bits per heavy atom. The normalized spacial score (nSPS) is 12.2. The first-order valence-corrected chi connectivity index (χ1v) is 4.98. The molecule has 0 atom stereocenters. The molecule has 0 rings (SSSR count). The summed E-state index contributed by atoms with van der Waals surface area (Å²) >= 11 is 0. The van der Waals surface area contributed by atoms with E-state index in [1.165, 1.54) is 0 Å². The number of carbonyl (C=O) groups is 3. The van der Waals surface area contributed by atoms with E-state index in [4.69, 9.17) is 32.5 Å². The van der Waals surface area contributed by atoms with Crippen LogP contribution in [0.2, 0.25) is 0 Å². The van der Waals surface area contributed by atoms with Gasteiger partial charge in [0.1, 0.15) is 5.79 Å². The van der Waals surface area contributed by atoms with Crippen molar-refractivity contribution in [2.24, 2.45) is 22.6 Å². The van der Waals surface area contributed by atoms with Crippen molar-refractivity contribution in [1.29, 1.82) is 0 Å². The molecule has 0 aliphatic carbocycles. The maximum Gasteiger partial charge on any atom is 0.303 e. The minimum absolute atomic E-state index is 0.440. The molecule has 0 aliphatic rings. The van der Waals surface area contributed by atoms with E-state index in [2.05, 4.69) is 0 Å². The Bertz CT molecular complexity index is 308. The molecule has 0 aromatic heterocycles. The molecule has 9 nitrogen and oxygen atoms in total. The molecule has 0 radical (unpaired) electrons. The molecule has 18 heavy (non-hydrogen) atoms. The highest BCUT2D eigenvalue weighted by Crippen LogP contribution is 2.36. The molecule has 0 heterocycles. The van der Waals surface area contributed by atoms with Gasteiger partial charge in [-0.15, -0.1) is 0 Å². The van der Waals surface area contributed by atoms with Gasteiger partial charge < -0.3 is 32.5 Å². The highest BCUT2D eigenvalue weighted by atomic mass is 16.4. The molecule has 0 aromatic carbocycles. The predicted molar refractivity (Wildman–Crippen MR) is 59.1 cm³/mol. The third-order valence-corrected chi connectivity index (χ3v) is 2.26. The maximum absolute atomic E-state index is 10.8. The van der Waals surface area contributed by atoms with E-state index in [9.17, 15) is 14.4 Å². The molecule has 0 saturated heterocycles. The minimum atomic E-state index is -1.85. The van der Waals surface area contributed by atoms with Crippen LogP contribution in [0.3, 0.4) is 0 Å². The molecule has 9 heteroatoms. The van der Waals surface area contributed by atoms with Gasteiger partial charge in [-0.3, -0.25) is 14.4 Å². The lowest BCUT2D eigenvalue weighted by atomic mass is 9.73. The van der Waals surface area contributed by atoms with Crippen LogP contribution in [-0.4, -0.2) is 39.0 Å². The lowest BCUT2D eigenvalue weighted by Gasteiger charge is -2.34. The number of hydrogen-bond acceptors (Lipinski definition) is 6. The third kappa shape index (κ3) is 6.78. The molecule has 9 N–H and O–H groups in total. The molecule has 0 aromatic rings. The molecular weight excluding hydrogens is 246 g/mol. The van der Waals surface area contributed by atoms with Crippen LogP contribution in [0.1, 0.15) is 25.7 Å². The smallest absolute Gasteiger partial charge is 0.303 e. The predicted octanol–water partition coefficient (Wildman–Crippen LogP) is -1.68. The Balaban J connectivity index is 5.29. The third-order valence-electron chi connectivity index (χ3n) is 2.26. The van der Waals surface area contributed by atoms with Gasteiger partial charge >= 0.3 is 17.9 Å². The average molecular weight is 263 g/mol. The highest BCUT2D eigenvalue weighted by molar-refractivity contribution is 5.75. The first-order valence-electron chi connectivity index (χ1n) is 4.98. The Hall–Kier alpha value is -1.71. The van der Waals surface area contributed by atoms with Gasteiger partial charge in [-0.25, -0.2) is 0 Å². The first kappa shape index (κ1) is 16.3. The monoisotopic (exact) mass is 263 g/mol. The summed E-state index contributed by atoms with van der Waals surface area (Å²) in [5.74, 6) is -5.88. The van der Waals surface area contributed by atoms with Crippen molar-refractivity contribution in [3.8, 4) is 0 Å². The van der Waals surface area contributed by atoms with Crippen molar-refractivity contribution in [3.05, 3.63) is 0 Å². The van der Waals surface area contributed by atoms with Gasteiger partial charge in [-0.05, 0) is 6.42 Å². The summed E-state index contributed by atoms with van der Waals surface area (Å²) in [5, 5.41) is 26.3. The van der Waals surface area contributed by atoms with E-state index in [1.54, 1.807) is 0 Å². The van der Waals surface area contributed by atoms with Crippen LogP contribution in [0.25, 0.3) is 0 Å². The fraction of sp³-hybridized carbons (Fsp3) is 0.667. The molecule has 0 fully saturated rings. The average Bonchev–Trinajstić information content (AvgIpc) is 1.92. The summed E-state index contributed by atoms with van der Waals surface area (Å²) in [7, 11) is 0. The van der Waals surface area contributed by atoms with Crippen LogP contribution in [0.4, 0.5) is 0 Å². The van der Waals surface area contributed by atoms with Crippen molar-refractivity contribution in [2.45, 2.75) is 31.5 Å². The molecule has 0 aliphatic heterocycles. The van der Waals surface area contributed by atoms with E-state index >= 15 is 0 Å². The lowest BCUT2D eigenvalue weighted by Crippen LogP contribution is -2.61. The number of rotatable bonds is 8. The van der Waals surface area contributed by atoms with Gasteiger partial charge in [-0.2, -0.15) is 0 Å². The van der Waals surface area contributed by atoms with Crippen molar-refractivity contribution >= 4 is 17.9 Å². The second-order valence-corrected chi connectivity index (χ2v) is 4.50. The molecule has 104 valence electrons. The van der Waals surface area contributed by atoms with Gasteiger partial charge in [0.2, 0.25) is 0 Å². The largest absolute Gasteiger partial charge is 0.481 e. The zero-order chi connectivity index (χ0) is 14.6. The fourth-order valence-corrected chi connectivity index (χ4v) is 1.99. The van der Waals surface area contributed by atoms with Gasteiger partial charge in [0, 0.05) is 5.41 Å². The van der Waals surface area contributed by atoms with E-state index in [-0.39, 0.29) is 0 Å². The highest BCUT2D eigenvalue weighted by Gasteiger charge is 2.41. The number of carboxylic acids is 3. The van der Waals surface area contributed by atoms with Crippen LogP contribution in [-0.2, 0) is 14.4 Å². The second-order valence-electron chi connectivity index (χ2n) is 4.50. The molecule has 0 bridgehead atoms. The number of hydrogen-bond donors (Lipinski definition) is 6. The second kappa shape index (κ2) is 5.76. The zero-order valence-corrected chi connectivity index (χ0v) is 9.63. The molecule has 0 spiro atoms. The van der Waals surface area contributed by atoms with Crippen molar-refractivity contribution in [3.63, 3.8) is 0 Å². The van der Waals surface area contributed by atoms with E-state index in [0.717, 1.165) is 0 Å².